The van der Waals surface area contributed by atoms with Crippen LogP contribution in [0.4, 0.5) is 5.69 Å². The Morgan fingerprint density at radius 2 is 1.69 bits per heavy atom. The van der Waals surface area contributed by atoms with Gasteiger partial charge in [-0.15, -0.1) is 0 Å². The lowest BCUT2D eigenvalue weighted by Gasteiger charge is -2.31. The Bertz CT molecular complexity index is 948. The summed E-state index contributed by atoms with van der Waals surface area (Å²) in [5.74, 6) is 0.266. The second kappa shape index (κ2) is 7.78. The molecule has 1 saturated carbocycles. The molecule has 2 amide bonds. The Labute approximate surface area is 170 Å². The van der Waals surface area contributed by atoms with Gasteiger partial charge in [0.2, 0.25) is 5.91 Å². The first-order chi connectivity index (χ1) is 13.9. The first kappa shape index (κ1) is 19.3. The fourth-order valence-corrected chi connectivity index (χ4v) is 3.82. The molecular weight excluding hydrogens is 368 g/mol. The lowest BCUT2D eigenvalue weighted by molar-refractivity contribution is -0.115. The number of rotatable bonds is 4. The predicted molar refractivity (Wildman–Crippen MR) is 110 cm³/mol. The van der Waals surface area contributed by atoms with Gasteiger partial charge in [0, 0.05) is 30.2 Å². The van der Waals surface area contributed by atoms with E-state index in [2.05, 4.69) is 10.6 Å². The van der Waals surface area contributed by atoms with Crippen molar-refractivity contribution in [2.24, 2.45) is 0 Å². The molecule has 0 radical (unpaired) electrons. The number of carbonyl (C=O) groups excluding carboxylic acids is 2. The maximum absolute atomic E-state index is 12.3. The minimum atomic E-state index is -0.538. The van der Waals surface area contributed by atoms with Crippen LogP contribution in [0.15, 0.2) is 36.4 Å². The number of aryl methyl sites for hydroxylation is 2. The summed E-state index contributed by atoms with van der Waals surface area (Å²) in [6, 6.07) is 10.9. The molecule has 1 fully saturated rings. The number of hydrogen-bond donors (Lipinski definition) is 2. The van der Waals surface area contributed by atoms with Gasteiger partial charge in [-0.1, -0.05) is 12.5 Å². The predicted octanol–water partition coefficient (Wildman–Crippen LogP) is 4.10. The second-order valence-corrected chi connectivity index (χ2v) is 7.87. The molecule has 0 saturated heterocycles. The molecule has 0 bridgehead atoms. The number of hydrogen-bond acceptors (Lipinski definition) is 4. The number of carbonyl (C=O) groups is 2. The summed E-state index contributed by atoms with van der Waals surface area (Å²) in [6.45, 7) is 3.84. The molecule has 2 aliphatic rings. The van der Waals surface area contributed by atoms with E-state index in [9.17, 15) is 9.59 Å². The van der Waals surface area contributed by atoms with Gasteiger partial charge in [-0.3, -0.25) is 9.59 Å². The Morgan fingerprint density at radius 3 is 2.45 bits per heavy atom. The molecule has 152 valence electrons. The van der Waals surface area contributed by atoms with Crippen LogP contribution >= 0.6 is 0 Å². The van der Waals surface area contributed by atoms with Gasteiger partial charge in [0.05, 0.1) is 6.54 Å². The van der Waals surface area contributed by atoms with Crippen molar-refractivity contribution in [3.05, 3.63) is 53.1 Å². The normalized spacial score (nSPS) is 16.5. The molecule has 2 aromatic carbocycles. The number of benzene rings is 2. The van der Waals surface area contributed by atoms with Crippen molar-refractivity contribution in [3.63, 3.8) is 0 Å². The third-order valence-corrected chi connectivity index (χ3v) is 5.61. The Hall–Kier alpha value is -3.02. The molecule has 0 atom stereocenters. The highest BCUT2D eigenvalue weighted by Gasteiger charge is 2.42. The van der Waals surface area contributed by atoms with Gasteiger partial charge < -0.3 is 20.1 Å². The SMILES string of the molecule is Cc1ccc(C(=O)NCC(=O)Nc2ccc3c(c2)OC2(CCCCC2)O3)cc1C. The lowest BCUT2D eigenvalue weighted by atomic mass is 9.94. The fourth-order valence-electron chi connectivity index (χ4n) is 3.82. The van der Waals surface area contributed by atoms with Crippen LogP contribution in [0.2, 0.25) is 0 Å². The van der Waals surface area contributed by atoms with Crippen LogP contribution < -0.4 is 20.1 Å². The summed E-state index contributed by atoms with van der Waals surface area (Å²) >= 11 is 0. The van der Waals surface area contributed by atoms with Crippen LogP contribution in [-0.4, -0.2) is 24.1 Å². The Balaban J connectivity index is 1.33. The van der Waals surface area contributed by atoms with Crippen LogP contribution in [0.1, 0.15) is 53.6 Å². The zero-order valence-electron chi connectivity index (χ0n) is 16.8. The number of amides is 2. The number of fused-ring (bicyclic) bond motifs is 1. The van der Waals surface area contributed by atoms with Crippen molar-refractivity contribution in [1.29, 1.82) is 0 Å². The van der Waals surface area contributed by atoms with E-state index in [4.69, 9.17) is 9.47 Å². The largest absolute Gasteiger partial charge is 0.448 e. The van der Waals surface area contributed by atoms with Crippen molar-refractivity contribution in [3.8, 4) is 11.5 Å². The van der Waals surface area contributed by atoms with Gasteiger partial charge >= 0.3 is 0 Å². The standard InChI is InChI=1S/C23H26N2O4/c1-15-6-7-17(12-16(15)2)22(27)24-14-21(26)25-18-8-9-19-20(13-18)29-23(28-19)10-4-3-5-11-23/h6-9,12-13H,3-5,10-11,14H2,1-2H3,(H,24,27)(H,25,26). The van der Waals surface area contributed by atoms with Crippen LogP contribution in [0, 0.1) is 13.8 Å². The zero-order chi connectivity index (χ0) is 20.4. The molecule has 29 heavy (non-hydrogen) atoms. The molecular formula is C23H26N2O4. The van der Waals surface area contributed by atoms with E-state index in [1.54, 1.807) is 18.2 Å². The molecule has 2 aromatic rings. The van der Waals surface area contributed by atoms with Gasteiger partial charge in [-0.05, 0) is 62.1 Å². The monoisotopic (exact) mass is 394 g/mol. The van der Waals surface area contributed by atoms with Crippen LogP contribution in [0.5, 0.6) is 11.5 Å². The highest BCUT2D eigenvalue weighted by Crippen LogP contribution is 2.46. The third kappa shape index (κ3) is 4.21. The van der Waals surface area contributed by atoms with E-state index >= 15 is 0 Å². The molecule has 2 N–H and O–H groups in total. The van der Waals surface area contributed by atoms with E-state index in [0.29, 0.717) is 22.7 Å². The van der Waals surface area contributed by atoms with E-state index in [0.717, 1.165) is 36.8 Å². The maximum atomic E-state index is 12.3. The van der Waals surface area contributed by atoms with Crippen molar-refractivity contribution < 1.29 is 19.1 Å². The first-order valence-corrected chi connectivity index (χ1v) is 10.1. The van der Waals surface area contributed by atoms with Gasteiger partial charge in [0.15, 0.2) is 11.5 Å². The molecule has 4 rings (SSSR count). The quantitative estimate of drug-likeness (QED) is 0.818. The summed E-state index contributed by atoms with van der Waals surface area (Å²) in [4.78, 5) is 24.5. The average Bonchev–Trinajstić information content (AvgIpc) is 3.05. The van der Waals surface area contributed by atoms with Crippen LogP contribution in [0.25, 0.3) is 0 Å². The molecule has 1 spiro atoms. The topological polar surface area (TPSA) is 76.7 Å². The molecule has 0 aromatic heterocycles. The summed E-state index contributed by atoms with van der Waals surface area (Å²) < 4.78 is 12.1. The fraction of sp³-hybridized carbons (Fsp3) is 0.391. The van der Waals surface area contributed by atoms with E-state index < -0.39 is 5.79 Å². The van der Waals surface area contributed by atoms with Crippen molar-refractivity contribution >= 4 is 17.5 Å². The van der Waals surface area contributed by atoms with Crippen molar-refractivity contribution in [2.45, 2.75) is 51.7 Å². The molecule has 6 nitrogen and oxygen atoms in total. The highest BCUT2D eigenvalue weighted by atomic mass is 16.7. The zero-order valence-corrected chi connectivity index (χ0v) is 16.8. The van der Waals surface area contributed by atoms with Crippen LogP contribution in [0.3, 0.4) is 0 Å². The maximum Gasteiger partial charge on any atom is 0.251 e. The van der Waals surface area contributed by atoms with E-state index in [-0.39, 0.29) is 18.4 Å². The lowest BCUT2D eigenvalue weighted by Crippen LogP contribution is -2.40. The first-order valence-electron chi connectivity index (χ1n) is 10.1. The number of nitrogens with one attached hydrogen (secondary N) is 2. The Morgan fingerprint density at radius 1 is 0.931 bits per heavy atom. The van der Waals surface area contributed by atoms with E-state index in [1.807, 2.05) is 32.0 Å². The van der Waals surface area contributed by atoms with E-state index in [1.165, 1.54) is 6.42 Å². The summed E-state index contributed by atoms with van der Waals surface area (Å²) in [6.07, 6.45) is 5.16. The molecule has 1 aliphatic heterocycles. The molecule has 6 heteroatoms. The minimum Gasteiger partial charge on any atom is -0.448 e. The number of anilines is 1. The Kier molecular flexibility index (Phi) is 5.18. The summed E-state index contributed by atoms with van der Waals surface area (Å²) in [7, 11) is 0. The van der Waals surface area contributed by atoms with Gasteiger partial charge in [-0.25, -0.2) is 0 Å². The van der Waals surface area contributed by atoms with Crippen molar-refractivity contribution in [2.75, 3.05) is 11.9 Å². The van der Waals surface area contributed by atoms with Gasteiger partial charge in [0.25, 0.3) is 11.7 Å². The van der Waals surface area contributed by atoms with Crippen molar-refractivity contribution in [1.82, 2.24) is 5.32 Å². The third-order valence-electron chi connectivity index (χ3n) is 5.61. The smallest absolute Gasteiger partial charge is 0.251 e. The summed E-state index contributed by atoms with van der Waals surface area (Å²) in [5, 5.41) is 5.46. The average molecular weight is 394 g/mol. The molecule has 1 heterocycles. The summed E-state index contributed by atoms with van der Waals surface area (Å²) in [5.41, 5.74) is 3.32. The molecule has 0 unspecified atom stereocenters. The van der Waals surface area contributed by atoms with Crippen LogP contribution in [-0.2, 0) is 4.79 Å². The number of ether oxygens (including phenoxy) is 2. The highest BCUT2D eigenvalue weighted by molar-refractivity contribution is 5.99. The van der Waals surface area contributed by atoms with Gasteiger partial charge in [0.1, 0.15) is 0 Å². The molecule has 1 aliphatic carbocycles. The second-order valence-electron chi connectivity index (χ2n) is 7.87. The minimum absolute atomic E-state index is 0.107. The van der Waals surface area contributed by atoms with Gasteiger partial charge in [-0.2, -0.15) is 0 Å².